The fourth-order valence-corrected chi connectivity index (χ4v) is 8.89. The average molecular weight is 833 g/mol. The van der Waals surface area contributed by atoms with Gasteiger partial charge in [-0.15, -0.1) is 0 Å². The molecule has 0 bridgehead atoms. The van der Waals surface area contributed by atoms with E-state index in [1.807, 2.05) is 0 Å². The molecule has 0 aromatic heterocycles. The van der Waals surface area contributed by atoms with Crippen LogP contribution in [0.2, 0.25) is 0 Å². The molecule has 0 aliphatic rings. The van der Waals surface area contributed by atoms with Gasteiger partial charge in [-0.1, -0.05) is 170 Å². The maximum Gasteiger partial charge on any atom is 0.0479 e. The summed E-state index contributed by atoms with van der Waals surface area (Å²) in [7, 11) is 0. The van der Waals surface area contributed by atoms with Gasteiger partial charge in [-0.3, -0.25) is 0 Å². The van der Waals surface area contributed by atoms with Crippen molar-refractivity contribution in [1.29, 1.82) is 0 Å². The van der Waals surface area contributed by atoms with E-state index in [1.165, 1.54) is 61.3 Å². The zero-order valence-electron chi connectivity index (χ0n) is 36.9. The Morgan fingerprint density at radius 2 is 0.721 bits per heavy atom. The standard InChI is InChI=1S/C36H31NS.C21H25NS/c1-25-14-13-15-26(2)36(25)37-27(3)22-34(38)35-32(29-18-9-5-10-19-29)23-31(28-16-7-4-8-17-28)24-33(35)30-20-11-6-12-21-30;1-13-10-16(4)20(17(5)11-13)19(23)12-18(6)22-21-14(2)8-7-9-15(21)3/h4-24,37H,1-3H3;7-12,22H,1-6H3. The van der Waals surface area contributed by atoms with Crippen molar-refractivity contribution in [1.82, 2.24) is 0 Å². The number of hydrogen-bond acceptors (Lipinski definition) is 4. The number of para-hydroxylation sites is 2. The molecule has 0 heterocycles. The van der Waals surface area contributed by atoms with Crippen LogP contribution < -0.4 is 10.6 Å². The van der Waals surface area contributed by atoms with E-state index >= 15 is 0 Å². The van der Waals surface area contributed by atoms with Gasteiger partial charge in [-0.25, -0.2) is 0 Å². The normalized spacial score (nSPS) is 11.4. The van der Waals surface area contributed by atoms with Gasteiger partial charge in [-0.2, -0.15) is 0 Å². The lowest BCUT2D eigenvalue weighted by Crippen LogP contribution is -2.06. The number of nitrogens with one attached hydrogen (secondary N) is 2. The number of hydrogen-bond donors (Lipinski definition) is 2. The minimum absolute atomic E-state index is 0.804. The molecule has 61 heavy (non-hydrogen) atoms. The van der Waals surface area contributed by atoms with Crippen molar-refractivity contribution in [2.45, 2.75) is 62.3 Å². The topological polar surface area (TPSA) is 24.1 Å². The Hall–Kier alpha value is -6.20. The van der Waals surface area contributed by atoms with E-state index in [0.29, 0.717) is 0 Å². The van der Waals surface area contributed by atoms with Crippen molar-refractivity contribution in [3.05, 3.63) is 225 Å². The van der Waals surface area contributed by atoms with E-state index in [-0.39, 0.29) is 0 Å². The van der Waals surface area contributed by atoms with Crippen LogP contribution in [0, 0.1) is 48.5 Å². The van der Waals surface area contributed by atoms with Gasteiger partial charge < -0.3 is 10.6 Å². The zero-order valence-corrected chi connectivity index (χ0v) is 38.5. The Bertz CT molecular complexity index is 2620. The molecule has 0 unspecified atom stereocenters. The molecular weight excluding hydrogens is 777 g/mol. The minimum Gasteiger partial charge on any atom is -0.359 e. The quantitative estimate of drug-likeness (QED) is 0.0770. The summed E-state index contributed by atoms with van der Waals surface area (Å²) in [5.74, 6) is 0. The predicted molar refractivity (Wildman–Crippen MR) is 273 cm³/mol. The summed E-state index contributed by atoms with van der Waals surface area (Å²) in [6, 6.07) is 53.3. The van der Waals surface area contributed by atoms with Crippen LogP contribution in [-0.4, -0.2) is 9.73 Å². The number of thiocarbonyl (C=S) groups is 2. The second kappa shape index (κ2) is 20.4. The Kier molecular flexibility index (Phi) is 14.8. The first-order valence-electron chi connectivity index (χ1n) is 20.8. The Morgan fingerprint density at radius 3 is 1.10 bits per heavy atom. The van der Waals surface area contributed by atoms with Crippen molar-refractivity contribution >= 4 is 45.5 Å². The smallest absolute Gasteiger partial charge is 0.0479 e. The third kappa shape index (κ3) is 11.1. The molecule has 0 aliphatic heterocycles. The van der Waals surface area contributed by atoms with Crippen molar-refractivity contribution < 1.29 is 0 Å². The van der Waals surface area contributed by atoms with E-state index in [2.05, 4.69) is 237 Å². The van der Waals surface area contributed by atoms with Crippen molar-refractivity contribution in [3.8, 4) is 33.4 Å². The molecule has 0 saturated heterocycles. The molecule has 0 spiro atoms. The van der Waals surface area contributed by atoms with Crippen LogP contribution in [0.3, 0.4) is 0 Å². The lowest BCUT2D eigenvalue weighted by Gasteiger charge is -2.19. The molecule has 0 saturated carbocycles. The Labute approximate surface area is 375 Å². The summed E-state index contributed by atoms with van der Waals surface area (Å²) in [5.41, 5.74) is 22.2. The van der Waals surface area contributed by atoms with Gasteiger partial charge in [0.25, 0.3) is 0 Å². The number of allylic oxidation sites excluding steroid dienone is 4. The van der Waals surface area contributed by atoms with Gasteiger partial charge in [-0.05, 0) is 159 Å². The molecule has 4 heteroatoms. The fraction of sp³-hybridized carbons (Fsp3) is 0.158. The molecule has 7 aromatic carbocycles. The van der Waals surface area contributed by atoms with Crippen LogP contribution in [-0.2, 0) is 0 Å². The highest BCUT2D eigenvalue weighted by atomic mass is 32.1. The zero-order chi connectivity index (χ0) is 43.6. The van der Waals surface area contributed by atoms with Crippen LogP contribution in [0.5, 0.6) is 0 Å². The highest BCUT2D eigenvalue weighted by Gasteiger charge is 2.18. The molecule has 7 aromatic rings. The summed E-state index contributed by atoms with van der Waals surface area (Å²) in [6.45, 7) is 19.0. The van der Waals surface area contributed by atoms with Gasteiger partial charge >= 0.3 is 0 Å². The number of rotatable bonds is 11. The second-order valence-corrected chi connectivity index (χ2v) is 16.9. The molecule has 0 aliphatic carbocycles. The largest absolute Gasteiger partial charge is 0.359 e. The molecule has 306 valence electrons. The summed E-state index contributed by atoms with van der Waals surface area (Å²) in [5, 5.41) is 7.11. The predicted octanol–water partition coefficient (Wildman–Crippen LogP) is 16.0. The molecule has 0 fully saturated rings. The van der Waals surface area contributed by atoms with E-state index in [0.717, 1.165) is 54.6 Å². The third-order valence-electron chi connectivity index (χ3n) is 10.9. The van der Waals surface area contributed by atoms with Crippen molar-refractivity contribution in [2.24, 2.45) is 0 Å². The molecule has 7 rings (SSSR count). The van der Waals surface area contributed by atoms with E-state index in [4.69, 9.17) is 24.4 Å². The van der Waals surface area contributed by atoms with Gasteiger partial charge in [0, 0.05) is 38.1 Å². The number of aryl methyl sites for hydroxylation is 7. The molecule has 0 atom stereocenters. The van der Waals surface area contributed by atoms with Crippen molar-refractivity contribution in [3.63, 3.8) is 0 Å². The van der Waals surface area contributed by atoms with E-state index in [1.54, 1.807) is 0 Å². The SMILES string of the molecule is CC(=CC(=S)c1c(-c2ccccc2)cc(-c2ccccc2)cc1-c1ccccc1)Nc1c(C)cccc1C.CC(=CC(=S)c1c(C)cc(C)cc1C)Nc1c(C)cccc1C. The first-order chi connectivity index (χ1) is 29.3. The van der Waals surface area contributed by atoms with Crippen LogP contribution in [0.25, 0.3) is 33.4 Å². The van der Waals surface area contributed by atoms with E-state index in [9.17, 15) is 0 Å². The van der Waals surface area contributed by atoms with Gasteiger partial charge in [0.15, 0.2) is 0 Å². The average Bonchev–Trinajstić information content (AvgIpc) is 3.24. The van der Waals surface area contributed by atoms with Crippen LogP contribution in [0.15, 0.2) is 175 Å². The molecule has 2 N–H and O–H groups in total. The highest BCUT2D eigenvalue weighted by molar-refractivity contribution is 7.81. The summed E-state index contributed by atoms with van der Waals surface area (Å²) in [6.07, 6.45) is 4.16. The molecular formula is C57H56N2S2. The summed E-state index contributed by atoms with van der Waals surface area (Å²) in [4.78, 5) is 1.69. The second-order valence-electron chi connectivity index (χ2n) is 16.0. The molecule has 2 nitrogen and oxygen atoms in total. The summed E-state index contributed by atoms with van der Waals surface area (Å²) < 4.78 is 0. The fourth-order valence-electron chi connectivity index (χ4n) is 7.99. The van der Waals surface area contributed by atoms with Crippen LogP contribution in [0.1, 0.15) is 63.9 Å². The highest BCUT2D eigenvalue weighted by Crippen LogP contribution is 2.38. The van der Waals surface area contributed by atoms with E-state index < -0.39 is 0 Å². The van der Waals surface area contributed by atoms with Crippen molar-refractivity contribution in [2.75, 3.05) is 10.6 Å². The first kappa shape index (κ1) is 44.4. The summed E-state index contributed by atoms with van der Waals surface area (Å²) >= 11 is 11.9. The monoisotopic (exact) mass is 832 g/mol. The maximum absolute atomic E-state index is 6.20. The lowest BCUT2D eigenvalue weighted by molar-refractivity contribution is 1.29. The third-order valence-corrected chi connectivity index (χ3v) is 11.5. The molecule has 0 amide bonds. The Balaban J connectivity index is 0.000000232. The number of benzene rings is 7. The van der Waals surface area contributed by atoms with Gasteiger partial charge in [0.1, 0.15) is 0 Å². The number of anilines is 2. The van der Waals surface area contributed by atoms with Gasteiger partial charge in [0.2, 0.25) is 0 Å². The first-order valence-corrected chi connectivity index (χ1v) is 21.7. The van der Waals surface area contributed by atoms with Crippen LogP contribution >= 0.6 is 24.4 Å². The van der Waals surface area contributed by atoms with Crippen LogP contribution in [0.4, 0.5) is 11.4 Å². The molecule has 0 radical (unpaired) electrons. The Morgan fingerprint density at radius 1 is 0.377 bits per heavy atom. The lowest BCUT2D eigenvalue weighted by atomic mass is 9.86. The minimum atomic E-state index is 0.804. The maximum atomic E-state index is 6.20. The van der Waals surface area contributed by atoms with Gasteiger partial charge in [0.05, 0.1) is 0 Å².